The Morgan fingerprint density at radius 1 is 0.677 bits per heavy atom. The van der Waals surface area contributed by atoms with Crippen LogP contribution in [0.4, 0.5) is 0 Å². The van der Waals surface area contributed by atoms with Gasteiger partial charge in [0.2, 0.25) is 11.8 Å². The molecule has 2 atom stereocenters. The highest BCUT2D eigenvalue weighted by molar-refractivity contribution is 5.52. The summed E-state index contributed by atoms with van der Waals surface area (Å²) in [7, 11) is 0. The van der Waals surface area contributed by atoms with E-state index in [-0.39, 0.29) is 0 Å². The molecular formula is C25H24N4O2. The second-order valence-corrected chi connectivity index (χ2v) is 8.87. The van der Waals surface area contributed by atoms with E-state index in [9.17, 15) is 0 Å². The van der Waals surface area contributed by atoms with Crippen LogP contribution in [0.25, 0.3) is 11.4 Å². The van der Waals surface area contributed by atoms with Crippen molar-refractivity contribution in [3.8, 4) is 23.1 Å². The maximum absolute atomic E-state index is 6.63. The van der Waals surface area contributed by atoms with Crippen molar-refractivity contribution in [2.24, 2.45) is 0 Å². The Morgan fingerprint density at radius 2 is 1.06 bits per heavy atom. The molecule has 0 fully saturated rings. The van der Waals surface area contributed by atoms with E-state index in [1.54, 1.807) is 0 Å². The van der Waals surface area contributed by atoms with Gasteiger partial charge in [-0.05, 0) is 52.0 Å². The largest absolute Gasteiger partial charge is 0.465 e. The third-order valence-corrected chi connectivity index (χ3v) is 6.55. The zero-order valence-electron chi connectivity index (χ0n) is 18.1. The van der Waals surface area contributed by atoms with E-state index in [0.717, 1.165) is 33.9 Å². The molecule has 0 amide bonds. The van der Waals surface area contributed by atoms with Gasteiger partial charge in [-0.25, -0.2) is 9.36 Å². The normalized spacial score (nSPS) is 23.5. The molecule has 2 aromatic heterocycles. The molecule has 2 aromatic carbocycles. The van der Waals surface area contributed by atoms with Crippen LogP contribution < -0.4 is 9.47 Å². The van der Waals surface area contributed by atoms with Crippen molar-refractivity contribution < 1.29 is 9.47 Å². The lowest BCUT2D eigenvalue weighted by molar-refractivity contribution is -0.0774. The van der Waals surface area contributed by atoms with Crippen molar-refractivity contribution in [1.82, 2.24) is 19.6 Å². The third-order valence-electron chi connectivity index (χ3n) is 6.55. The molecule has 0 N–H and O–H groups in total. The van der Waals surface area contributed by atoms with Gasteiger partial charge in [0, 0.05) is 6.42 Å². The Morgan fingerprint density at radius 3 is 1.45 bits per heavy atom. The summed E-state index contributed by atoms with van der Waals surface area (Å²) in [6, 6.07) is 20.3. The first kappa shape index (κ1) is 18.2. The van der Waals surface area contributed by atoms with E-state index in [0.29, 0.717) is 18.2 Å². The van der Waals surface area contributed by atoms with E-state index in [1.165, 1.54) is 0 Å². The van der Waals surface area contributed by atoms with Crippen LogP contribution in [-0.4, -0.2) is 19.6 Å². The minimum Gasteiger partial charge on any atom is -0.465 e. The average molecular weight is 412 g/mol. The maximum Gasteiger partial charge on any atom is 0.241 e. The van der Waals surface area contributed by atoms with E-state index in [2.05, 4.69) is 27.7 Å². The lowest BCUT2D eigenvalue weighted by Gasteiger charge is -2.47. The molecule has 0 spiro atoms. The zero-order valence-corrected chi connectivity index (χ0v) is 18.1. The van der Waals surface area contributed by atoms with Gasteiger partial charge in [0.1, 0.15) is 11.2 Å². The van der Waals surface area contributed by atoms with Crippen molar-refractivity contribution in [2.45, 2.75) is 45.3 Å². The van der Waals surface area contributed by atoms with Gasteiger partial charge >= 0.3 is 0 Å². The van der Waals surface area contributed by atoms with Crippen LogP contribution in [0, 0.1) is 13.8 Å². The lowest BCUT2D eigenvalue weighted by Crippen LogP contribution is -2.49. The highest BCUT2D eigenvalue weighted by Gasteiger charge is 2.56. The molecule has 6 rings (SSSR count). The molecule has 0 saturated heterocycles. The Bertz CT molecular complexity index is 1210. The van der Waals surface area contributed by atoms with Gasteiger partial charge in [0.25, 0.3) is 0 Å². The van der Waals surface area contributed by atoms with Crippen molar-refractivity contribution in [3.05, 3.63) is 83.2 Å². The molecule has 31 heavy (non-hydrogen) atoms. The predicted octanol–water partition coefficient (Wildman–Crippen LogP) is 4.98. The van der Waals surface area contributed by atoms with E-state index in [1.807, 2.05) is 70.0 Å². The molecule has 4 aromatic rings. The van der Waals surface area contributed by atoms with Crippen LogP contribution in [0.5, 0.6) is 11.8 Å². The summed E-state index contributed by atoms with van der Waals surface area (Å²) in [6.45, 7) is 8.39. The molecule has 6 nitrogen and oxygen atoms in total. The van der Waals surface area contributed by atoms with Gasteiger partial charge in [0.15, 0.2) is 0 Å². The molecule has 2 bridgehead atoms. The molecule has 0 saturated carbocycles. The fraction of sp³-hybridized carbons (Fsp3) is 0.280. The average Bonchev–Trinajstić information content (AvgIpc) is 3.26. The SMILES string of the molecule is Cc1c2c(nn1-c1ccccc1)O[C@]1(C)C[C@@]2(C)Oc2nn(-c3ccccc3)c(C)c21. The first-order valence-corrected chi connectivity index (χ1v) is 10.6. The minimum atomic E-state index is -0.575. The number of nitrogens with zero attached hydrogens (tertiary/aromatic N) is 4. The van der Waals surface area contributed by atoms with Crippen LogP contribution >= 0.6 is 0 Å². The summed E-state index contributed by atoms with van der Waals surface area (Å²) in [5, 5.41) is 9.70. The number of fused-ring (bicyclic) bond motifs is 6. The summed E-state index contributed by atoms with van der Waals surface area (Å²) in [4.78, 5) is 0. The quantitative estimate of drug-likeness (QED) is 0.466. The van der Waals surface area contributed by atoms with Crippen LogP contribution in [0.1, 0.15) is 42.8 Å². The molecule has 0 unspecified atom stereocenters. The fourth-order valence-corrected chi connectivity index (χ4v) is 5.38. The van der Waals surface area contributed by atoms with Crippen molar-refractivity contribution in [2.75, 3.05) is 0 Å². The summed E-state index contributed by atoms with van der Waals surface area (Å²) in [6.07, 6.45) is 0.697. The Balaban J connectivity index is 1.52. The summed E-state index contributed by atoms with van der Waals surface area (Å²) in [5.41, 5.74) is 4.89. The van der Waals surface area contributed by atoms with Gasteiger partial charge in [-0.1, -0.05) is 36.4 Å². The topological polar surface area (TPSA) is 54.1 Å². The van der Waals surface area contributed by atoms with Gasteiger partial charge in [-0.3, -0.25) is 0 Å². The molecule has 156 valence electrons. The molecule has 2 aliphatic heterocycles. The van der Waals surface area contributed by atoms with Gasteiger partial charge in [-0.2, -0.15) is 0 Å². The molecule has 0 aliphatic carbocycles. The Labute approximate surface area is 181 Å². The fourth-order valence-electron chi connectivity index (χ4n) is 5.38. The van der Waals surface area contributed by atoms with Crippen LogP contribution in [0.3, 0.4) is 0 Å². The van der Waals surface area contributed by atoms with Crippen molar-refractivity contribution in [3.63, 3.8) is 0 Å². The van der Waals surface area contributed by atoms with E-state index in [4.69, 9.17) is 19.7 Å². The highest BCUT2D eigenvalue weighted by Crippen LogP contribution is 2.56. The number of benzene rings is 2. The van der Waals surface area contributed by atoms with Crippen LogP contribution in [0.15, 0.2) is 60.7 Å². The zero-order chi connectivity index (χ0) is 21.4. The van der Waals surface area contributed by atoms with Crippen LogP contribution in [-0.2, 0) is 11.2 Å². The maximum atomic E-state index is 6.63. The number of para-hydroxylation sites is 2. The lowest BCUT2D eigenvalue weighted by atomic mass is 9.76. The second kappa shape index (κ2) is 6.00. The smallest absolute Gasteiger partial charge is 0.241 e. The predicted molar refractivity (Wildman–Crippen MR) is 117 cm³/mol. The molecular weight excluding hydrogens is 388 g/mol. The first-order valence-electron chi connectivity index (χ1n) is 10.6. The van der Waals surface area contributed by atoms with Crippen molar-refractivity contribution in [1.29, 1.82) is 0 Å². The minimum absolute atomic E-state index is 0.575. The number of hydrogen-bond donors (Lipinski definition) is 0. The van der Waals surface area contributed by atoms with E-state index < -0.39 is 11.2 Å². The van der Waals surface area contributed by atoms with Gasteiger partial charge in [-0.15, -0.1) is 10.2 Å². The number of ether oxygens (including phenoxy) is 2. The highest BCUT2D eigenvalue weighted by atomic mass is 16.6. The standard InChI is InChI=1S/C25H24N4O2/c1-16-20-22(26-28(16)18-11-7-5-8-12-18)30-25(4)15-24(20,3)31-23-21(25)17(2)29(27-23)19-13-9-6-10-14-19/h5-14H,15H2,1-4H3/t24-,25-/m1/s1. The monoisotopic (exact) mass is 412 g/mol. The van der Waals surface area contributed by atoms with Gasteiger partial charge in [0.05, 0.1) is 33.9 Å². The number of aromatic nitrogens is 4. The van der Waals surface area contributed by atoms with E-state index >= 15 is 0 Å². The summed E-state index contributed by atoms with van der Waals surface area (Å²) < 4.78 is 17.1. The number of rotatable bonds is 2. The summed E-state index contributed by atoms with van der Waals surface area (Å²) >= 11 is 0. The van der Waals surface area contributed by atoms with Crippen molar-refractivity contribution >= 4 is 0 Å². The number of hydrogen-bond acceptors (Lipinski definition) is 4. The first-order chi connectivity index (χ1) is 14.9. The Hall–Kier alpha value is -3.54. The molecule has 2 aliphatic rings. The van der Waals surface area contributed by atoms with Crippen LogP contribution in [0.2, 0.25) is 0 Å². The molecule has 6 heteroatoms. The Kier molecular flexibility index (Phi) is 3.53. The van der Waals surface area contributed by atoms with Gasteiger partial charge < -0.3 is 9.47 Å². The molecule has 4 heterocycles. The summed E-state index contributed by atoms with van der Waals surface area (Å²) in [5.74, 6) is 1.27. The third kappa shape index (κ3) is 2.45. The molecule has 0 radical (unpaired) electrons. The second-order valence-electron chi connectivity index (χ2n) is 8.87.